The van der Waals surface area contributed by atoms with Gasteiger partial charge in [0.25, 0.3) is 5.91 Å². The molecule has 0 aliphatic carbocycles. The van der Waals surface area contributed by atoms with E-state index in [1.54, 1.807) is 17.0 Å². The van der Waals surface area contributed by atoms with Gasteiger partial charge in [0.2, 0.25) is 15.9 Å². The van der Waals surface area contributed by atoms with Gasteiger partial charge in [-0.3, -0.25) is 9.59 Å². The Morgan fingerprint density at radius 2 is 1.81 bits per heavy atom. The van der Waals surface area contributed by atoms with E-state index in [9.17, 15) is 18.0 Å². The Balaban J connectivity index is 1.64. The lowest BCUT2D eigenvalue weighted by Crippen LogP contribution is -2.47. The van der Waals surface area contributed by atoms with Crippen LogP contribution in [-0.4, -0.2) is 56.6 Å². The van der Waals surface area contributed by atoms with E-state index < -0.39 is 10.0 Å². The van der Waals surface area contributed by atoms with Crippen molar-refractivity contribution in [1.29, 1.82) is 0 Å². The summed E-state index contributed by atoms with van der Waals surface area (Å²) in [7, 11) is -3.21. The van der Waals surface area contributed by atoms with Crippen molar-refractivity contribution in [1.82, 2.24) is 14.9 Å². The van der Waals surface area contributed by atoms with E-state index in [-0.39, 0.29) is 23.6 Å². The third-order valence-corrected chi connectivity index (χ3v) is 6.19. The zero-order valence-corrected chi connectivity index (χ0v) is 16.6. The summed E-state index contributed by atoms with van der Waals surface area (Å²) in [5.74, 6) is 0.0583. The quantitative estimate of drug-likeness (QED) is 0.620. The smallest absolute Gasteiger partial charge is 0.251 e. The summed E-state index contributed by atoms with van der Waals surface area (Å²) < 4.78 is 26.4. The number of carbonyl (C=O) groups is 2. The van der Waals surface area contributed by atoms with Gasteiger partial charge in [0.1, 0.15) is 0 Å². The number of nitrogens with one attached hydrogen (secondary N) is 2. The van der Waals surface area contributed by atoms with Gasteiger partial charge in [0.05, 0.1) is 5.75 Å². The lowest BCUT2D eigenvalue weighted by atomic mass is 10.1. The molecule has 0 bridgehead atoms. The van der Waals surface area contributed by atoms with Crippen molar-refractivity contribution in [3.63, 3.8) is 0 Å². The molecule has 0 saturated carbocycles. The molecule has 1 heterocycles. The molecule has 1 saturated heterocycles. The number of sulfonamides is 1. The number of rotatable bonds is 9. The second-order valence-electron chi connectivity index (χ2n) is 6.82. The summed E-state index contributed by atoms with van der Waals surface area (Å²) >= 11 is 0. The maximum atomic E-state index is 12.3. The Kier molecular flexibility index (Phi) is 8.24. The molecule has 0 aromatic heterocycles. The number of carbonyl (C=O) groups excluding carboxylic acids is 2. The van der Waals surface area contributed by atoms with Crippen LogP contribution in [0, 0.1) is 0 Å². The second-order valence-corrected chi connectivity index (χ2v) is 8.69. The standard InChI is InChI=1S/C19H29N3O4S/c1-2-15-27(25,26)21-17-10-13-22(14-11-17)18(23)9-6-12-20-19(24)16-7-4-3-5-8-16/h3-5,7-8,17,21H,2,6,9-15H2,1H3,(H,20,24). The summed E-state index contributed by atoms with van der Waals surface area (Å²) in [6, 6.07) is 8.89. The molecule has 1 aromatic rings. The fourth-order valence-electron chi connectivity index (χ4n) is 3.12. The monoisotopic (exact) mass is 395 g/mol. The molecule has 150 valence electrons. The predicted molar refractivity (Wildman–Crippen MR) is 105 cm³/mol. The highest BCUT2D eigenvalue weighted by Gasteiger charge is 2.25. The van der Waals surface area contributed by atoms with Crippen LogP contribution in [0.4, 0.5) is 0 Å². The zero-order valence-electron chi connectivity index (χ0n) is 15.8. The fraction of sp³-hybridized carbons (Fsp3) is 0.579. The number of hydrogen-bond donors (Lipinski definition) is 2. The van der Waals surface area contributed by atoms with Crippen LogP contribution in [0.3, 0.4) is 0 Å². The number of amides is 2. The summed E-state index contributed by atoms with van der Waals surface area (Å²) in [6.07, 6.45) is 2.83. The number of benzene rings is 1. The third-order valence-electron chi connectivity index (χ3n) is 4.56. The summed E-state index contributed by atoms with van der Waals surface area (Å²) in [4.78, 5) is 26.0. The zero-order chi connectivity index (χ0) is 19.7. The highest BCUT2D eigenvalue weighted by Crippen LogP contribution is 2.13. The van der Waals surface area contributed by atoms with Crippen LogP contribution in [-0.2, 0) is 14.8 Å². The molecular formula is C19H29N3O4S. The maximum Gasteiger partial charge on any atom is 0.251 e. The van der Waals surface area contributed by atoms with E-state index >= 15 is 0 Å². The Morgan fingerprint density at radius 1 is 1.15 bits per heavy atom. The minimum atomic E-state index is -3.21. The van der Waals surface area contributed by atoms with Crippen LogP contribution in [0.25, 0.3) is 0 Å². The topological polar surface area (TPSA) is 95.6 Å². The molecule has 0 spiro atoms. The molecule has 0 unspecified atom stereocenters. The minimum Gasteiger partial charge on any atom is -0.352 e. The molecule has 1 aliphatic rings. The number of likely N-dealkylation sites (tertiary alicyclic amines) is 1. The highest BCUT2D eigenvalue weighted by molar-refractivity contribution is 7.89. The molecular weight excluding hydrogens is 366 g/mol. The van der Waals surface area contributed by atoms with E-state index in [1.807, 2.05) is 25.1 Å². The normalized spacial score (nSPS) is 15.5. The predicted octanol–water partition coefficient (Wildman–Crippen LogP) is 1.52. The fourth-order valence-corrected chi connectivity index (χ4v) is 4.52. The van der Waals surface area contributed by atoms with Crippen LogP contribution in [0.5, 0.6) is 0 Å². The van der Waals surface area contributed by atoms with Crippen LogP contribution in [0.1, 0.15) is 49.4 Å². The molecule has 1 aliphatic heterocycles. The first-order chi connectivity index (χ1) is 12.9. The van der Waals surface area contributed by atoms with E-state index in [0.717, 1.165) is 0 Å². The first-order valence-corrected chi connectivity index (χ1v) is 11.2. The molecule has 2 rings (SSSR count). The van der Waals surface area contributed by atoms with Crippen molar-refractivity contribution in [2.24, 2.45) is 0 Å². The molecule has 8 heteroatoms. The molecule has 0 radical (unpaired) electrons. The Morgan fingerprint density at radius 3 is 2.44 bits per heavy atom. The molecule has 2 amide bonds. The average Bonchev–Trinajstić information content (AvgIpc) is 2.65. The van der Waals surface area contributed by atoms with Crippen LogP contribution >= 0.6 is 0 Å². The van der Waals surface area contributed by atoms with Gasteiger partial charge in [-0.15, -0.1) is 0 Å². The Bertz CT molecular complexity index is 714. The van der Waals surface area contributed by atoms with Gasteiger partial charge >= 0.3 is 0 Å². The van der Waals surface area contributed by atoms with Crippen molar-refractivity contribution >= 4 is 21.8 Å². The molecule has 1 aromatic carbocycles. The summed E-state index contributed by atoms with van der Waals surface area (Å²) in [5.41, 5.74) is 0.608. The van der Waals surface area contributed by atoms with Gasteiger partial charge in [-0.1, -0.05) is 25.1 Å². The minimum absolute atomic E-state index is 0.0545. The SMILES string of the molecule is CCCS(=O)(=O)NC1CCN(C(=O)CCCNC(=O)c2ccccc2)CC1. The molecule has 1 fully saturated rings. The summed E-state index contributed by atoms with van der Waals surface area (Å²) in [5, 5.41) is 2.82. The lowest BCUT2D eigenvalue weighted by molar-refractivity contribution is -0.132. The van der Waals surface area contributed by atoms with Crippen LogP contribution in [0.2, 0.25) is 0 Å². The maximum absolute atomic E-state index is 12.3. The highest BCUT2D eigenvalue weighted by atomic mass is 32.2. The summed E-state index contributed by atoms with van der Waals surface area (Å²) in [6.45, 7) is 3.42. The van der Waals surface area contributed by atoms with Crippen molar-refractivity contribution in [3.8, 4) is 0 Å². The van der Waals surface area contributed by atoms with Gasteiger partial charge in [-0.05, 0) is 37.8 Å². The van der Waals surface area contributed by atoms with E-state index in [4.69, 9.17) is 0 Å². The van der Waals surface area contributed by atoms with E-state index in [2.05, 4.69) is 10.0 Å². The second kappa shape index (κ2) is 10.4. The first-order valence-electron chi connectivity index (χ1n) is 9.52. The largest absolute Gasteiger partial charge is 0.352 e. The van der Waals surface area contributed by atoms with Crippen molar-refractivity contribution in [2.45, 2.75) is 45.1 Å². The van der Waals surface area contributed by atoms with Crippen molar-refractivity contribution < 1.29 is 18.0 Å². The van der Waals surface area contributed by atoms with Gasteiger partial charge in [-0.25, -0.2) is 13.1 Å². The third kappa shape index (κ3) is 7.30. The Labute approximate surface area is 161 Å². The Hall–Kier alpha value is -1.93. The average molecular weight is 396 g/mol. The van der Waals surface area contributed by atoms with Crippen LogP contribution < -0.4 is 10.0 Å². The van der Waals surface area contributed by atoms with Crippen molar-refractivity contribution in [2.75, 3.05) is 25.4 Å². The van der Waals surface area contributed by atoms with E-state index in [0.29, 0.717) is 57.3 Å². The first kappa shape index (κ1) is 21.4. The molecule has 27 heavy (non-hydrogen) atoms. The number of piperidine rings is 1. The van der Waals surface area contributed by atoms with Gasteiger partial charge < -0.3 is 10.2 Å². The van der Waals surface area contributed by atoms with Gasteiger partial charge in [-0.2, -0.15) is 0 Å². The van der Waals surface area contributed by atoms with E-state index in [1.165, 1.54) is 0 Å². The number of nitrogens with zero attached hydrogens (tertiary/aromatic N) is 1. The van der Waals surface area contributed by atoms with Gasteiger partial charge in [0.15, 0.2) is 0 Å². The van der Waals surface area contributed by atoms with Gasteiger partial charge in [0, 0.05) is 37.7 Å². The molecule has 7 nitrogen and oxygen atoms in total. The lowest BCUT2D eigenvalue weighted by Gasteiger charge is -2.32. The van der Waals surface area contributed by atoms with Crippen LogP contribution in [0.15, 0.2) is 30.3 Å². The molecule has 0 atom stereocenters. The van der Waals surface area contributed by atoms with Crippen molar-refractivity contribution in [3.05, 3.63) is 35.9 Å². The molecule has 2 N–H and O–H groups in total. The number of hydrogen-bond acceptors (Lipinski definition) is 4.